The smallest absolute Gasteiger partial charge is 0.403 e. The first-order chi connectivity index (χ1) is 20.5. The predicted octanol–water partition coefficient (Wildman–Crippen LogP) is 9.39. The Bertz CT molecular complexity index is 1250. The minimum atomic E-state index is -0.354. The maximum Gasteiger partial charge on any atom is 0.459 e. The maximum atomic E-state index is 9.35. The molecule has 2 aliphatic heterocycles. The van der Waals surface area contributed by atoms with Crippen LogP contribution < -0.4 is 0 Å². The van der Waals surface area contributed by atoms with Gasteiger partial charge >= 0.3 is 14.2 Å². The zero-order valence-electron chi connectivity index (χ0n) is 26.9. The summed E-state index contributed by atoms with van der Waals surface area (Å²) in [7, 11) is -0.687. The van der Waals surface area contributed by atoms with Crippen LogP contribution in [0.5, 0.6) is 0 Å². The van der Waals surface area contributed by atoms with Crippen LogP contribution in [0.25, 0.3) is 12.2 Å². The SMILES string of the molecule is CC1(C)OB(C[C@H](C#N)/C=C/c2ccc(Br)cc2)OC1(C)C.CC1(C)OB(C[C@H](C#N)/C=C/c2ccc(Br)cc2)OC1(C)C. The standard InChI is InChI=1S/2C17H21BBrNO2/c2*1-16(2)17(3,4)22-18(21-16)11-14(12-20)6-5-13-7-9-15(19)10-8-13/h2*5-10,14H,11H2,1-4H3/b2*6-5+/t2*14-/m11/s1. The van der Waals surface area contributed by atoms with Crippen LogP contribution in [0, 0.1) is 34.5 Å². The van der Waals surface area contributed by atoms with E-state index in [1.54, 1.807) is 0 Å². The van der Waals surface area contributed by atoms with Crippen molar-refractivity contribution in [1.29, 1.82) is 10.5 Å². The van der Waals surface area contributed by atoms with E-state index in [0.29, 0.717) is 12.6 Å². The van der Waals surface area contributed by atoms with E-state index in [1.807, 2.05) is 128 Å². The van der Waals surface area contributed by atoms with Gasteiger partial charge in [-0.25, -0.2) is 0 Å². The summed E-state index contributed by atoms with van der Waals surface area (Å²) in [6.07, 6.45) is 8.83. The number of nitrogens with zero attached hydrogens (tertiary/aromatic N) is 2. The van der Waals surface area contributed by atoms with Crippen molar-refractivity contribution in [2.75, 3.05) is 0 Å². The van der Waals surface area contributed by atoms with Gasteiger partial charge in [0.2, 0.25) is 0 Å². The molecule has 0 N–H and O–H groups in total. The third-order valence-electron chi connectivity index (χ3n) is 8.61. The molecule has 2 fully saturated rings. The average molecular weight is 724 g/mol. The lowest BCUT2D eigenvalue weighted by Gasteiger charge is -2.32. The Kier molecular flexibility index (Phi) is 12.3. The fraction of sp³-hybridized carbons (Fsp3) is 0.471. The lowest BCUT2D eigenvalue weighted by atomic mass is 9.77. The van der Waals surface area contributed by atoms with Gasteiger partial charge in [-0.15, -0.1) is 0 Å². The fourth-order valence-electron chi connectivity index (χ4n) is 4.49. The summed E-state index contributed by atoms with van der Waals surface area (Å²) in [6, 6.07) is 20.6. The highest BCUT2D eigenvalue weighted by Crippen LogP contribution is 2.39. The van der Waals surface area contributed by atoms with Crippen molar-refractivity contribution in [2.45, 2.75) is 90.4 Å². The van der Waals surface area contributed by atoms with Crippen LogP contribution >= 0.6 is 31.9 Å². The number of hydrogen-bond donors (Lipinski definition) is 0. The Morgan fingerprint density at radius 2 is 0.864 bits per heavy atom. The number of halogens is 2. The number of benzene rings is 2. The molecule has 0 aliphatic carbocycles. The minimum absolute atomic E-state index is 0.238. The summed E-state index contributed by atoms with van der Waals surface area (Å²) in [4.78, 5) is 0. The summed E-state index contributed by atoms with van der Waals surface area (Å²) in [5, 5.41) is 18.7. The van der Waals surface area contributed by atoms with Crippen LogP contribution in [0.1, 0.15) is 66.5 Å². The van der Waals surface area contributed by atoms with Crippen LogP contribution in [0.2, 0.25) is 12.6 Å². The molecule has 2 atom stereocenters. The molecule has 2 aromatic rings. The normalized spacial score (nSPS) is 21.0. The third-order valence-corrected chi connectivity index (χ3v) is 9.67. The topological polar surface area (TPSA) is 84.5 Å². The molecule has 0 unspecified atom stereocenters. The summed E-state index contributed by atoms with van der Waals surface area (Å²) >= 11 is 6.82. The molecule has 2 heterocycles. The van der Waals surface area contributed by atoms with Gasteiger partial charge in [-0.3, -0.25) is 0 Å². The van der Waals surface area contributed by atoms with E-state index in [9.17, 15) is 10.5 Å². The second kappa shape index (κ2) is 14.9. The van der Waals surface area contributed by atoms with Crippen LogP contribution in [0.4, 0.5) is 0 Å². The van der Waals surface area contributed by atoms with Crippen molar-refractivity contribution in [1.82, 2.24) is 0 Å². The van der Waals surface area contributed by atoms with E-state index in [0.717, 1.165) is 20.1 Å². The molecule has 4 rings (SSSR count). The molecule has 44 heavy (non-hydrogen) atoms. The van der Waals surface area contributed by atoms with E-state index in [1.165, 1.54) is 0 Å². The van der Waals surface area contributed by atoms with Gasteiger partial charge in [0, 0.05) is 21.6 Å². The predicted molar refractivity (Wildman–Crippen MR) is 186 cm³/mol. The fourth-order valence-corrected chi connectivity index (χ4v) is 5.02. The van der Waals surface area contributed by atoms with Gasteiger partial charge in [0.25, 0.3) is 0 Å². The molecule has 0 amide bonds. The highest BCUT2D eigenvalue weighted by Gasteiger charge is 2.52. The van der Waals surface area contributed by atoms with Gasteiger partial charge in [-0.1, -0.05) is 80.4 Å². The Morgan fingerprint density at radius 3 is 1.11 bits per heavy atom. The lowest BCUT2D eigenvalue weighted by molar-refractivity contribution is 0.00578. The summed E-state index contributed by atoms with van der Waals surface area (Å²) in [6.45, 7) is 16.2. The van der Waals surface area contributed by atoms with Crippen molar-refractivity contribution in [3.05, 3.63) is 80.8 Å². The molecule has 0 bridgehead atoms. The van der Waals surface area contributed by atoms with Crippen molar-refractivity contribution in [3.8, 4) is 12.1 Å². The number of nitriles is 2. The Balaban J connectivity index is 0.000000240. The Morgan fingerprint density at radius 1 is 0.591 bits per heavy atom. The van der Waals surface area contributed by atoms with E-state index < -0.39 is 0 Å². The number of hydrogen-bond acceptors (Lipinski definition) is 6. The highest BCUT2D eigenvalue weighted by atomic mass is 79.9. The molecule has 10 heteroatoms. The third kappa shape index (κ3) is 9.91. The zero-order valence-corrected chi connectivity index (χ0v) is 30.1. The first-order valence-corrected chi connectivity index (χ1v) is 16.4. The second-order valence-electron chi connectivity index (χ2n) is 13.1. The molecule has 0 spiro atoms. The Labute approximate surface area is 281 Å². The van der Waals surface area contributed by atoms with E-state index in [-0.39, 0.29) is 48.5 Å². The van der Waals surface area contributed by atoms with E-state index in [4.69, 9.17) is 18.6 Å². The second-order valence-corrected chi connectivity index (χ2v) is 15.0. The van der Waals surface area contributed by atoms with Crippen molar-refractivity contribution >= 4 is 58.2 Å². The molecule has 2 aliphatic rings. The number of rotatable bonds is 8. The molecule has 0 saturated carbocycles. The Hall–Kier alpha value is -2.17. The summed E-state index contributed by atoms with van der Waals surface area (Å²) in [5.41, 5.74) is 0.718. The molecule has 2 aromatic carbocycles. The van der Waals surface area contributed by atoms with Crippen molar-refractivity contribution in [3.63, 3.8) is 0 Å². The zero-order chi connectivity index (χ0) is 32.8. The van der Waals surface area contributed by atoms with Crippen LogP contribution in [-0.2, 0) is 18.6 Å². The highest BCUT2D eigenvalue weighted by molar-refractivity contribution is 9.10. The van der Waals surface area contributed by atoms with Crippen LogP contribution in [-0.4, -0.2) is 36.6 Å². The quantitative estimate of drug-likeness (QED) is 0.253. The lowest BCUT2D eigenvalue weighted by Crippen LogP contribution is -2.41. The van der Waals surface area contributed by atoms with Crippen molar-refractivity contribution < 1.29 is 18.6 Å². The van der Waals surface area contributed by atoms with Gasteiger partial charge in [0.1, 0.15) is 0 Å². The molecule has 0 radical (unpaired) electrons. The molecular formula is C34H42B2Br2N2O4. The first-order valence-electron chi connectivity index (χ1n) is 14.8. The van der Waals surface area contributed by atoms with Gasteiger partial charge in [0.15, 0.2) is 0 Å². The molecular weight excluding hydrogens is 682 g/mol. The van der Waals surface area contributed by atoms with Crippen LogP contribution in [0.15, 0.2) is 69.6 Å². The van der Waals surface area contributed by atoms with Gasteiger partial charge in [-0.05, 0) is 90.8 Å². The van der Waals surface area contributed by atoms with E-state index >= 15 is 0 Å². The largest absolute Gasteiger partial charge is 0.459 e. The van der Waals surface area contributed by atoms with Gasteiger partial charge < -0.3 is 18.6 Å². The molecule has 6 nitrogen and oxygen atoms in total. The summed E-state index contributed by atoms with van der Waals surface area (Å²) < 4.78 is 25.9. The molecule has 232 valence electrons. The maximum absolute atomic E-state index is 9.35. The van der Waals surface area contributed by atoms with Crippen molar-refractivity contribution in [2.24, 2.45) is 11.8 Å². The van der Waals surface area contributed by atoms with Gasteiger partial charge in [-0.2, -0.15) is 10.5 Å². The minimum Gasteiger partial charge on any atom is -0.403 e. The number of allylic oxidation sites excluding steroid dienone is 2. The molecule has 0 aromatic heterocycles. The van der Waals surface area contributed by atoms with Crippen LogP contribution in [0.3, 0.4) is 0 Å². The summed E-state index contributed by atoms with van der Waals surface area (Å²) in [5.74, 6) is -0.475. The average Bonchev–Trinajstić information content (AvgIpc) is 3.28. The monoisotopic (exact) mass is 722 g/mol. The molecule has 2 saturated heterocycles. The first kappa shape index (κ1) is 36.3. The van der Waals surface area contributed by atoms with E-state index in [2.05, 4.69) is 44.0 Å². The van der Waals surface area contributed by atoms with Gasteiger partial charge in [0.05, 0.1) is 46.4 Å².